The largest absolute Gasteiger partial charge is 0.382 e. The Hall–Kier alpha value is -1.02. The van der Waals surface area contributed by atoms with E-state index in [9.17, 15) is 0 Å². The number of ether oxygens (including phenoxy) is 1. The molecule has 0 unspecified atom stereocenters. The Morgan fingerprint density at radius 2 is 1.67 bits per heavy atom. The van der Waals surface area contributed by atoms with E-state index in [1.165, 1.54) is 23.2 Å². The number of aryl methyl sites for hydroxylation is 2. The number of para-hydroxylation sites is 1. The van der Waals surface area contributed by atoms with Gasteiger partial charge in [0.25, 0.3) is 0 Å². The van der Waals surface area contributed by atoms with Crippen molar-refractivity contribution in [1.29, 1.82) is 0 Å². The van der Waals surface area contributed by atoms with Crippen molar-refractivity contribution in [3.8, 4) is 0 Å². The molecule has 1 aromatic rings. The van der Waals surface area contributed by atoms with Gasteiger partial charge in [0.1, 0.15) is 0 Å². The average molecular weight is 249 g/mol. The lowest BCUT2D eigenvalue weighted by molar-refractivity contribution is 0.141. The first-order chi connectivity index (χ1) is 8.83. The van der Waals surface area contributed by atoms with Crippen LogP contribution in [-0.2, 0) is 17.6 Å². The summed E-state index contributed by atoms with van der Waals surface area (Å²) >= 11 is 0. The average Bonchev–Trinajstić information content (AvgIpc) is 2.42. The van der Waals surface area contributed by atoms with Crippen LogP contribution in [0.25, 0.3) is 0 Å². The maximum absolute atomic E-state index is 5.58. The molecule has 0 fully saturated rings. The minimum Gasteiger partial charge on any atom is -0.382 e. The van der Waals surface area contributed by atoms with Crippen molar-refractivity contribution >= 4 is 5.69 Å². The lowest BCUT2D eigenvalue weighted by atomic mass is 10.0. The van der Waals surface area contributed by atoms with E-state index in [0.717, 1.165) is 39.0 Å². The number of nitrogens with one attached hydrogen (secondary N) is 1. The monoisotopic (exact) mass is 249 g/mol. The van der Waals surface area contributed by atoms with Crippen molar-refractivity contribution in [2.45, 2.75) is 46.5 Å². The third-order valence-corrected chi connectivity index (χ3v) is 3.19. The Bertz CT molecular complexity index is 314. The van der Waals surface area contributed by atoms with Gasteiger partial charge >= 0.3 is 0 Å². The Balaban J connectivity index is 2.45. The molecule has 0 radical (unpaired) electrons. The molecule has 0 heterocycles. The van der Waals surface area contributed by atoms with Crippen molar-refractivity contribution in [1.82, 2.24) is 0 Å². The van der Waals surface area contributed by atoms with Crippen LogP contribution in [0.4, 0.5) is 5.69 Å². The molecule has 0 saturated heterocycles. The van der Waals surface area contributed by atoms with Gasteiger partial charge in [-0.15, -0.1) is 0 Å². The molecule has 0 aliphatic rings. The zero-order valence-corrected chi connectivity index (χ0v) is 12.1. The summed E-state index contributed by atoms with van der Waals surface area (Å²) in [6, 6.07) is 6.57. The summed E-state index contributed by atoms with van der Waals surface area (Å²) in [5, 5.41) is 3.54. The van der Waals surface area contributed by atoms with E-state index in [0.29, 0.717) is 0 Å². The molecule has 0 atom stereocenters. The van der Waals surface area contributed by atoms with Gasteiger partial charge in [0, 0.05) is 18.8 Å². The zero-order chi connectivity index (χ0) is 13.2. The van der Waals surface area contributed by atoms with E-state index in [-0.39, 0.29) is 0 Å². The zero-order valence-electron chi connectivity index (χ0n) is 12.1. The quantitative estimate of drug-likeness (QED) is 0.667. The lowest BCUT2D eigenvalue weighted by Gasteiger charge is -2.15. The fourth-order valence-electron chi connectivity index (χ4n) is 2.07. The summed E-state index contributed by atoms with van der Waals surface area (Å²) in [5.74, 6) is 0. The molecule has 1 rings (SSSR count). The molecule has 1 N–H and O–H groups in total. The van der Waals surface area contributed by atoms with Crippen LogP contribution in [0, 0.1) is 0 Å². The first-order valence-electron chi connectivity index (χ1n) is 7.25. The standard InChI is InChI=1S/C16H27NO/c1-4-7-12-18-13-11-17-16-14(5-2)9-8-10-15(16)6-3/h8-10,17H,4-7,11-13H2,1-3H3. The summed E-state index contributed by atoms with van der Waals surface area (Å²) in [4.78, 5) is 0. The molecule has 102 valence electrons. The first-order valence-corrected chi connectivity index (χ1v) is 7.25. The van der Waals surface area contributed by atoms with E-state index < -0.39 is 0 Å². The highest BCUT2D eigenvalue weighted by atomic mass is 16.5. The predicted octanol–water partition coefficient (Wildman–Crippen LogP) is 4.04. The van der Waals surface area contributed by atoms with Crippen LogP contribution in [0.15, 0.2) is 18.2 Å². The molecule has 2 nitrogen and oxygen atoms in total. The number of hydrogen-bond donors (Lipinski definition) is 1. The van der Waals surface area contributed by atoms with E-state index >= 15 is 0 Å². The van der Waals surface area contributed by atoms with E-state index in [4.69, 9.17) is 4.74 Å². The summed E-state index contributed by atoms with van der Waals surface area (Å²) in [6.45, 7) is 9.17. The molecule has 0 spiro atoms. The molecule has 0 aliphatic heterocycles. The van der Waals surface area contributed by atoms with Crippen LogP contribution in [0.1, 0.15) is 44.7 Å². The van der Waals surface area contributed by atoms with Gasteiger partial charge in [0.15, 0.2) is 0 Å². The fraction of sp³-hybridized carbons (Fsp3) is 0.625. The van der Waals surface area contributed by atoms with E-state index in [1.54, 1.807) is 0 Å². The summed E-state index contributed by atoms with van der Waals surface area (Å²) < 4.78 is 5.58. The number of unbranched alkanes of at least 4 members (excludes halogenated alkanes) is 1. The van der Waals surface area contributed by atoms with Gasteiger partial charge in [-0.25, -0.2) is 0 Å². The molecule has 2 heteroatoms. The second-order valence-electron chi connectivity index (χ2n) is 4.55. The van der Waals surface area contributed by atoms with Gasteiger partial charge in [-0.2, -0.15) is 0 Å². The van der Waals surface area contributed by atoms with Crippen molar-refractivity contribution < 1.29 is 4.74 Å². The number of benzene rings is 1. The Morgan fingerprint density at radius 1 is 1.00 bits per heavy atom. The third kappa shape index (κ3) is 4.69. The molecular weight excluding hydrogens is 222 g/mol. The second-order valence-corrected chi connectivity index (χ2v) is 4.55. The lowest BCUT2D eigenvalue weighted by Crippen LogP contribution is -2.12. The maximum atomic E-state index is 5.58. The molecule has 0 amide bonds. The van der Waals surface area contributed by atoms with Crippen molar-refractivity contribution in [2.75, 3.05) is 25.1 Å². The third-order valence-electron chi connectivity index (χ3n) is 3.19. The fourth-order valence-corrected chi connectivity index (χ4v) is 2.07. The van der Waals surface area contributed by atoms with Gasteiger partial charge in [0.2, 0.25) is 0 Å². The SMILES string of the molecule is CCCCOCCNc1c(CC)cccc1CC. The van der Waals surface area contributed by atoms with E-state index in [2.05, 4.69) is 44.3 Å². The minimum absolute atomic E-state index is 0.793. The van der Waals surface area contributed by atoms with E-state index in [1.807, 2.05) is 0 Å². The maximum Gasteiger partial charge on any atom is 0.0639 e. The minimum atomic E-state index is 0.793. The smallest absolute Gasteiger partial charge is 0.0639 e. The Labute approximate surface area is 112 Å². The highest BCUT2D eigenvalue weighted by Gasteiger charge is 2.04. The molecule has 0 aromatic heterocycles. The van der Waals surface area contributed by atoms with Crippen LogP contribution in [0.5, 0.6) is 0 Å². The van der Waals surface area contributed by atoms with Gasteiger partial charge in [-0.05, 0) is 30.4 Å². The van der Waals surface area contributed by atoms with Crippen LogP contribution in [0.3, 0.4) is 0 Å². The molecule has 0 bridgehead atoms. The van der Waals surface area contributed by atoms with Gasteiger partial charge in [-0.1, -0.05) is 45.4 Å². The van der Waals surface area contributed by atoms with Crippen molar-refractivity contribution in [3.63, 3.8) is 0 Å². The topological polar surface area (TPSA) is 21.3 Å². The molecule has 18 heavy (non-hydrogen) atoms. The van der Waals surface area contributed by atoms with Gasteiger partial charge in [-0.3, -0.25) is 0 Å². The van der Waals surface area contributed by atoms with Crippen LogP contribution >= 0.6 is 0 Å². The number of rotatable bonds is 9. The number of hydrogen-bond acceptors (Lipinski definition) is 2. The van der Waals surface area contributed by atoms with Gasteiger partial charge in [0.05, 0.1) is 6.61 Å². The second kappa shape index (κ2) is 8.98. The summed E-state index contributed by atoms with van der Waals surface area (Å²) in [7, 11) is 0. The van der Waals surface area contributed by atoms with Crippen LogP contribution < -0.4 is 5.32 Å². The highest BCUT2D eigenvalue weighted by molar-refractivity contribution is 5.57. The molecule has 1 aromatic carbocycles. The Morgan fingerprint density at radius 3 is 2.22 bits per heavy atom. The van der Waals surface area contributed by atoms with Gasteiger partial charge < -0.3 is 10.1 Å². The normalized spacial score (nSPS) is 10.6. The molecule has 0 aliphatic carbocycles. The van der Waals surface area contributed by atoms with Crippen molar-refractivity contribution in [2.24, 2.45) is 0 Å². The van der Waals surface area contributed by atoms with Crippen LogP contribution in [0.2, 0.25) is 0 Å². The predicted molar refractivity (Wildman–Crippen MR) is 79.4 cm³/mol. The molecule has 0 saturated carbocycles. The molecular formula is C16H27NO. The summed E-state index contributed by atoms with van der Waals surface area (Å²) in [5.41, 5.74) is 4.13. The highest BCUT2D eigenvalue weighted by Crippen LogP contribution is 2.22. The first kappa shape index (κ1) is 15.0. The Kier molecular flexibility index (Phi) is 7.51. The summed E-state index contributed by atoms with van der Waals surface area (Å²) in [6.07, 6.45) is 4.51. The number of anilines is 1. The van der Waals surface area contributed by atoms with Crippen LogP contribution in [-0.4, -0.2) is 19.8 Å². The van der Waals surface area contributed by atoms with Crippen molar-refractivity contribution in [3.05, 3.63) is 29.3 Å².